The number of carbonyl (C=O) groups excluding carboxylic acids is 4. The molecule has 0 saturated heterocycles. The van der Waals surface area contributed by atoms with E-state index in [1.165, 1.54) is 0 Å². The fourth-order valence-electron chi connectivity index (χ4n) is 0.748. The zero-order valence-corrected chi connectivity index (χ0v) is 15.1. The molecule has 0 spiro atoms. The van der Waals surface area contributed by atoms with Gasteiger partial charge in [-0.05, 0) is 13.0 Å². The Bertz CT molecular complexity index is 506. The lowest BCUT2D eigenvalue weighted by Gasteiger charge is -2.16. The monoisotopic (exact) mass is 324 g/mol. The summed E-state index contributed by atoms with van der Waals surface area (Å²) >= 11 is 0. The molecule has 2 N–H and O–H groups in total. The molecule has 0 unspecified atom stereocenters. The number of nitrogens with one attached hydrogen (secondary N) is 2. The second kappa shape index (κ2) is 9.02. The summed E-state index contributed by atoms with van der Waals surface area (Å²) in [5.74, 6) is -1.43. The van der Waals surface area contributed by atoms with Crippen molar-refractivity contribution in [2.75, 3.05) is 0 Å². The first-order valence-electron chi connectivity index (χ1n) is 7.12. The number of hydrogen-bond acceptors (Lipinski definition) is 4. The van der Waals surface area contributed by atoms with Gasteiger partial charge in [0.25, 0.3) is 5.91 Å². The van der Waals surface area contributed by atoms with Crippen LogP contribution in [0.3, 0.4) is 0 Å². The van der Waals surface area contributed by atoms with Crippen molar-refractivity contribution in [2.45, 2.75) is 48.5 Å². The Morgan fingerprint density at radius 3 is 1.43 bits per heavy atom. The molecule has 0 rings (SSSR count). The number of carbonyl (C=O) groups is 4. The Labute approximate surface area is 138 Å². The molecule has 0 aromatic rings. The van der Waals surface area contributed by atoms with Crippen LogP contribution in [0.4, 0.5) is 0 Å². The maximum Gasteiger partial charge on any atom is 0.252 e. The van der Waals surface area contributed by atoms with Crippen LogP contribution in [0.1, 0.15) is 48.5 Å². The van der Waals surface area contributed by atoms with Crippen LogP contribution in [-0.2, 0) is 19.2 Å². The van der Waals surface area contributed by atoms with Crippen molar-refractivity contribution in [1.82, 2.24) is 10.6 Å². The quantitative estimate of drug-likeness (QED) is 0.761. The van der Waals surface area contributed by atoms with Crippen molar-refractivity contribution >= 4 is 23.6 Å². The molecule has 0 bridgehead atoms. The second-order valence-electron chi connectivity index (χ2n) is 7.09. The van der Waals surface area contributed by atoms with Gasteiger partial charge in [0.05, 0.1) is 0 Å². The summed E-state index contributed by atoms with van der Waals surface area (Å²) in [6, 6.07) is 0. The van der Waals surface area contributed by atoms with Gasteiger partial charge >= 0.3 is 0 Å². The van der Waals surface area contributed by atoms with Crippen molar-refractivity contribution in [2.24, 2.45) is 10.8 Å². The Balaban J connectivity index is 0. The standard InChI is InChI=1S/C9H15NO2.C8H13NO2/c1-6(2)7(11)10-8(12)9(3,4)5;1-5-6(10)9-7(11)8(2,3)4/h1H2,2-5H3,(H,10,11,12);5H,1H2,2-4H3,(H,9,10,11). The van der Waals surface area contributed by atoms with Crippen LogP contribution in [0.15, 0.2) is 24.8 Å². The summed E-state index contributed by atoms with van der Waals surface area (Å²) in [7, 11) is 0. The van der Waals surface area contributed by atoms with Crippen LogP contribution < -0.4 is 10.6 Å². The number of amides is 4. The Morgan fingerprint density at radius 2 is 1.17 bits per heavy atom. The van der Waals surface area contributed by atoms with E-state index >= 15 is 0 Å². The third kappa shape index (κ3) is 11.0. The van der Waals surface area contributed by atoms with Crippen LogP contribution >= 0.6 is 0 Å². The fraction of sp³-hybridized carbons (Fsp3) is 0.529. The minimum Gasteiger partial charge on any atom is -0.292 e. The van der Waals surface area contributed by atoms with Gasteiger partial charge in [0.15, 0.2) is 0 Å². The molecule has 0 saturated carbocycles. The average molecular weight is 324 g/mol. The molecular formula is C17H28N2O4. The van der Waals surface area contributed by atoms with Gasteiger partial charge in [0.2, 0.25) is 17.7 Å². The first-order valence-corrected chi connectivity index (χ1v) is 7.12. The smallest absolute Gasteiger partial charge is 0.252 e. The van der Waals surface area contributed by atoms with Crippen LogP contribution in [0.25, 0.3) is 0 Å². The maximum atomic E-state index is 11.2. The molecule has 0 aliphatic rings. The highest BCUT2D eigenvalue weighted by Gasteiger charge is 2.23. The molecule has 0 aromatic carbocycles. The average Bonchev–Trinajstić information content (AvgIpc) is 2.36. The molecule has 0 atom stereocenters. The van der Waals surface area contributed by atoms with Crippen molar-refractivity contribution in [3.63, 3.8) is 0 Å². The zero-order chi connectivity index (χ0) is 19.0. The molecule has 6 heteroatoms. The van der Waals surface area contributed by atoms with E-state index in [9.17, 15) is 19.2 Å². The lowest BCUT2D eigenvalue weighted by atomic mass is 9.95. The van der Waals surface area contributed by atoms with E-state index < -0.39 is 22.6 Å². The van der Waals surface area contributed by atoms with Gasteiger partial charge < -0.3 is 0 Å². The first-order chi connectivity index (χ1) is 10.1. The molecule has 23 heavy (non-hydrogen) atoms. The number of imide groups is 2. The second-order valence-corrected chi connectivity index (χ2v) is 7.09. The van der Waals surface area contributed by atoms with E-state index in [0.29, 0.717) is 5.57 Å². The van der Waals surface area contributed by atoms with Gasteiger partial charge in [0.1, 0.15) is 0 Å². The largest absolute Gasteiger partial charge is 0.292 e. The summed E-state index contributed by atoms with van der Waals surface area (Å²) in [6.45, 7) is 18.7. The summed E-state index contributed by atoms with van der Waals surface area (Å²) in [4.78, 5) is 43.8. The molecule has 0 fully saturated rings. The minimum absolute atomic E-state index is 0.282. The summed E-state index contributed by atoms with van der Waals surface area (Å²) in [6.07, 6.45) is 1.07. The van der Waals surface area contributed by atoms with Gasteiger partial charge in [-0.2, -0.15) is 0 Å². The predicted octanol–water partition coefficient (Wildman–Crippen LogP) is 2.11. The Kier molecular flexibility index (Phi) is 9.04. The lowest BCUT2D eigenvalue weighted by Crippen LogP contribution is -2.39. The number of rotatable bonds is 2. The van der Waals surface area contributed by atoms with Crippen LogP contribution in [0, 0.1) is 10.8 Å². The molecule has 6 nitrogen and oxygen atoms in total. The van der Waals surface area contributed by atoms with Crippen molar-refractivity contribution in [1.29, 1.82) is 0 Å². The van der Waals surface area contributed by atoms with Crippen molar-refractivity contribution in [3.05, 3.63) is 24.8 Å². The van der Waals surface area contributed by atoms with E-state index in [2.05, 4.69) is 23.8 Å². The molecule has 0 aliphatic heterocycles. The third-order valence-corrected chi connectivity index (χ3v) is 2.40. The number of hydrogen-bond donors (Lipinski definition) is 2. The lowest BCUT2D eigenvalue weighted by molar-refractivity contribution is -0.135. The van der Waals surface area contributed by atoms with Gasteiger partial charge in [-0.15, -0.1) is 0 Å². The topological polar surface area (TPSA) is 92.3 Å². The third-order valence-electron chi connectivity index (χ3n) is 2.40. The molecule has 130 valence electrons. The van der Waals surface area contributed by atoms with Crippen LogP contribution in [-0.4, -0.2) is 23.6 Å². The highest BCUT2D eigenvalue weighted by molar-refractivity contribution is 6.05. The molecular weight excluding hydrogens is 296 g/mol. The Hall–Kier alpha value is -2.24. The highest BCUT2D eigenvalue weighted by Crippen LogP contribution is 2.12. The molecule has 0 aliphatic carbocycles. The highest BCUT2D eigenvalue weighted by atomic mass is 16.2. The van der Waals surface area contributed by atoms with E-state index in [1.807, 2.05) is 0 Å². The van der Waals surface area contributed by atoms with E-state index in [1.54, 1.807) is 48.5 Å². The van der Waals surface area contributed by atoms with Crippen LogP contribution in [0.2, 0.25) is 0 Å². The summed E-state index contributed by atoms with van der Waals surface area (Å²) in [5.41, 5.74) is -0.725. The SMILES string of the molecule is C=C(C)C(=O)NC(=O)C(C)(C)C.C=CC(=O)NC(=O)C(C)(C)C. The Morgan fingerprint density at radius 1 is 0.826 bits per heavy atom. The zero-order valence-electron chi connectivity index (χ0n) is 15.1. The van der Waals surface area contributed by atoms with E-state index in [4.69, 9.17) is 0 Å². The molecule has 0 aromatic heterocycles. The minimum atomic E-state index is -0.537. The van der Waals surface area contributed by atoms with Gasteiger partial charge in [-0.3, -0.25) is 29.8 Å². The van der Waals surface area contributed by atoms with E-state index in [0.717, 1.165) is 6.08 Å². The normalized spacial score (nSPS) is 10.6. The molecule has 0 heterocycles. The van der Waals surface area contributed by atoms with Gasteiger partial charge in [-0.25, -0.2) is 0 Å². The van der Waals surface area contributed by atoms with E-state index in [-0.39, 0.29) is 11.8 Å². The summed E-state index contributed by atoms with van der Waals surface area (Å²) in [5, 5.41) is 4.42. The van der Waals surface area contributed by atoms with Crippen LogP contribution in [0.5, 0.6) is 0 Å². The van der Waals surface area contributed by atoms with Gasteiger partial charge in [0, 0.05) is 16.4 Å². The molecule has 4 amide bonds. The first kappa shape index (κ1) is 23.0. The summed E-state index contributed by atoms with van der Waals surface area (Å²) < 4.78 is 0. The van der Waals surface area contributed by atoms with Gasteiger partial charge in [-0.1, -0.05) is 54.7 Å². The maximum absolute atomic E-state index is 11.2. The fourth-order valence-corrected chi connectivity index (χ4v) is 0.748. The molecule has 0 radical (unpaired) electrons. The van der Waals surface area contributed by atoms with Crippen molar-refractivity contribution in [3.8, 4) is 0 Å². The van der Waals surface area contributed by atoms with Crippen molar-refractivity contribution < 1.29 is 19.2 Å². The predicted molar refractivity (Wildman–Crippen MR) is 90.2 cm³/mol.